The van der Waals surface area contributed by atoms with Gasteiger partial charge in [0.2, 0.25) is 0 Å². The molecule has 0 aromatic heterocycles. The van der Waals surface area contributed by atoms with Crippen molar-refractivity contribution in [1.82, 2.24) is 10.2 Å². The third-order valence-electron chi connectivity index (χ3n) is 6.57. The largest absolute Gasteiger partial charge is 0.451 e. The van der Waals surface area contributed by atoms with Crippen molar-refractivity contribution in [3.8, 4) is 0 Å². The average molecular weight is 363 g/mol. The maximum atomic E-state index is 12.8. The highest BCUT2D eigenvalue weighted by Gasteiger charge is 2.49. The highest BCUT2D eigenvalue weighted by molar-refractivity contribution is 6.07. The molecular formula is C21H34N2O3. The van der Waals surface area contributed by atoms with E-state index in [1.807, 2.05) is 0 Å². The van der Waals surface area contributed by atoms with Crippen molar-refractivity contribution in [3.63, 3.8) is 0 Å². The number of piperidine rings is 1. The standard InChI is InChI=1S/C21H34N2O3/c1-15-9-7-10-16(2)23(15)14-8-13-22-19(24)18-17(3)20(25)26-21(18)11-5-4-6-12-21/h15-16H,4-14H2,1-3H3,(H,22,24)/t15-,16+. The summed E-state index contributed by atoms with van der Waals surface area (Å²) in [4.78, 5) is 27.5. The van der Waals surface area contributed by atoms with Gasteiger partial charge >= 0.3 is 5.97 Å². The first kappa shape index (κ1) is 19.4. The molecule has 1 spiro atoms. The molecule has 2 atom stereocenters. The number of esters is 1. The minimum atomic E-state index is -0.653. The molecule has 0 aromatic rings. The number of nitrogens with one attached hydrogen (secondary N) is 1. The molecule has 2 aliphatic heterocycles. The van der Waals surface area contributed by atoms with Crippen molar-refractivity contribution in [1.29, 1.82) is 0 Å². The molecule has 26 heavy (non-hydrogen) atoms. The van der Waals surface area contributed by atoms with Gasteiger partial charge < -0.3 is 10.1 Å². The Kier molecular flexibility index (Phi) is 6.06. The Morgan fingerprint density at radius 1 is 1.15 bits per heavy atom. The topological polar surface area (TPSA) is 58.6 Å². The number of amides is 1. The molecular weight excluding hydrogens is 328 g/mol. The Bertz CT molecular complexity index is 568. The second-order valence-corrected chi connectivity index (χ2v) is 8.42. The van der Waals surface area contributed by atoms with Gasteiger partial charge in [0, 0.05) is 30.7 Å². The predicted octanol–water partition coefficient (Wildman–Crippen LogP) is 3.33. The first-order valence-electron chi connectivity index (χ1n) is 10.4. The number of carbonyl (C=O) groups is 2. The van der Waals surface area contributed by atoms with Gasteiger partial charge in [-0.05, 0) is 65.7 Å². The molecule has 1 saturated carbocycles. The molecule has 1 amide bonds. The van der Waals surface area contributed by atoms with E-state index in [4.69, 9.17) is 4.74 Å². The lowest BCUT2D eigenvalue weighted by Crippen LogP contribution is -2.45. The summed E-state index contributed by atoms with van der Waals surface area (Å²) in [6.45, 7) is 8.00. The number of hydrogen-bond acceptors (Lipinski definition) is 4. The van der Waals surface area contributed by atoms with Crippen LogP contribution in [0.25, 0.3) is 0 Å². The fourth-order valence-electron chi connectivity index (χ4n) is 5.07. The summed E-state index contributed by atoms with van der Waals surface area (Å²) in [6.07, 6.45) is 9.54. The summed E-state index contributed by atoms with van der Waals surface area (Å²) in [7, 11) is 0. The Morgan fingerprint density at radius 3 is 2.46 bits per heavy atom. The van der Waals surface area contributed by atoms with E-state index < -0.39 is 5.60 Å². The van der Waals surface area contributed by atoms with Crippen LogP contribution < -0.4 is 5.32 Å². The van der Waals surface area contributed by atoms with Crippen LogP contribution in [-0.4, -0.2) is 47.6 Å². The van der Waals surface area contributed by atoms with E-state index in [1.165, 1.54) is 19.3 Å². The average Bonchev–Trinajstić information content (AvgIpc) is 2.84. The molecule has 0 aromatic carbocycles. The summed E-state index contributed by atoms with van der Waals surface area (Å²) in [6, 6.07) is 1.26. The van der Waals surface area contributed by atoms with Gasteiger partial charge in [0.15, 0.2) is 0 Å². The second kappa shape index (κ2) is 8.12. The molecule has 5 nitrogen and oxygen atoms in total. The number of likely N-dealkylation sites (tertiary alicyclic amines) is 1. The highest BCUT2D eigenvalue weighted by Crippen LogP contribution is 2.43. The minimum Gasteiger partial charge on any atom is -0.451 e. The minimum absolute atomic E-state index is 0.102. The zero-order valence-corrected chi connectivity index (χ0v) is 16.6. The summed E-state index contributed by atoms with van der Waals surface area (Å²) in [5, 5.41) is 3.06. The first-order chi connectivity index (χ1) is 12.4. The molecule has 1 aliphatic carbocycles. The zero-order valence-electron chi connectivity index (χ0n) is 16.6. The Balaban J connectivity index is 1.54. The van der Waals surface area contributed by atoms with Crippen LogP contribution in [0.1, 0.15) is 78.6 Å². The Morgan fingerprint density at radius 2 is 1.81 bits per heavy atom. The van der Waals surface area contributed by atoms with E-state index in [1.54, 1.807) is 6.92 Å². The molecule has 0 unspecified atom stereocenters. The van der Waals surface area contributed by atoms with Crippen molar-refractivity contribution < 1.29 is 14.3 Å². The number of carbonyl (C=O) groups excluding carboxylic acids is 2. The first-order valence-corrected chi connectivity index (χ1v) is 10.4. The van der Waals surface area contributed by atoms with Gasteiger partial charge in [-0.1, -0.05) is 12.8 Å². The van der Waals surface area contributed by atoms with Crippen LogP contribution in [0.3, 0.4) is 0 Å². The van der Waals surface area contributed by atoms with E-state index >= 15 is 0 Å². The van der Waals surface area contributed by atoms with Crippen molar-refractivity contribution >= 4 is 11.9 Å². The molecule has 2 heterocycles. The van der Waals surface area contributed by atoms with Crippen LogP contribution in [-0.2, 0) is 14.3 Å². The van der Waals surface area contributed by atoms with Crippen LogP contribution >= 0.6 is 0 Å². The highest BCUT2D eigenvalue weighted by atomic mass is 16.6. The molecule has 1 N–H and O–H groups in total. The summed E-state index contributed by atoms with van der Waals surface area (Å²) >= 11 is 0. The molecule has 2 fully saturated rings. The second-order valence-electron chi connectivity index (χ2n) is 8.42. The van der Waals surface area contributed by atoms with Crippen LogP contribution in [0.15, 0.2) is 11.1 Å². The lowest BCUT2D eigenvalue weighted by atomic mass is 9.78. The number of rotatable bonds is 5. The van der Waals surface area contributed by atoms with Crippen molar-refractivity contribution in [2.45, 2.75) is 96.2 Å². The lowest BCUT2D eigenvalue weighted by molar-refractivity contribution is -0.149. The quantitative estimate of drug-likeness (QED) is 0.602. The molecule has 0 bridgehead atoms. The SMILES string of the molecule is CC1=C(C(=O)NCCCN2[C@H](C)CCC[C@@H]2C)C2(CCCCC2)OC1=O. The summed E-state index contributed by atoms with van der Waals surface area (Å²) in [5.41, 5.74) is 0.448. The van der Waals surface area contributed by atoms with Gasteiger partial charge in [0.25, 0.3) is 5.91 Å². The molecule has 146 valence electrons. The molecule has 3 rings (SSSR count). The van der Waals surface area contributed by atoms with E-state index in [-0.39, 0.29) is 11.9 Å². The fourth-order valence-corrected chi connectivity index (χ4v) is 5.07. The van der Waals surface area contributed by atoms with Crippen molar-refractivity contribution in [2.24, 2.45) is 0 Å². The van der Waals surface area contributed by atoms with Gasteiger partial charge in [-0.15, -0.1) is 0 Å². The smallest absolute Gasteiger partial charge is 0.335 e. The molecule has 1 saturated heterocycles. The zero-order chi connectivity index (χ0) is 18.7. The lowest BCUT2D eigenvalue weighted by Gasteiger charge is -2.39. The summed E-state index contributed by atoms with van der Waals surface area (Å²) < 4.78 is 5.68. The van der Waals surface area contributed by atoms with Crippen LogP contribution in [0.4, 0.5) is 0 Å². The third kappa shape index (κ3) is 3.83. The van der Waals surface area contributed by atoms with Crippen LogP contribution in [0.5, 0.6) is 0 Å². The Labute approximate surface area is 157 Å². The van der Waals surface area contributed by atoms with Gasteiger partial charge in [-0.3, -0.25) is 9.69 Å². The van der Waals surface area contributed by atoms with Crippen LogP contribution in [0, 0.1) is 0 Å². The van der Waals surface area contributed by atoms with Gasteiger partial charge in [0.1, 0.15) is 5.60 Å². The monoisotopic (exact) mass is 362 g/mol. The summed E-state index contributed by atoms with van der Waals surface area (Å²) in [5.74, 6) is -0.414. The van der Waals surface area contributed by atoms with Gasteiger partial charge in [0.05, 0.1) is 5.57 Å². The van der Waals surface area contributed by atoms with E-state index in [9.17, 15) is 9.59 Å². The number of hydrogen-bond donors (Lipinski definition) is 1. The maximum absolute atomic E-state index is 12.8. The van der Waals surface area contributed by atoms with Gasteiger partial charge in [-0.2, -0.15) is 0 Å². The normalized spacial score (nSPS) is 29.1. The number of ether oxygens (including phenoxy) is 1. The van der Waals surface area contributed by atoms with Crippen LogP contribution in [0.2, 0.25) is 0 Å². The molecule has 5 heteroatoms. The fraction of sp³-hybridized carbons (Fsp3) is 0.810. The van der Waals surface area contributed by atoms with Crippen molar-refractivity contribution in [3.05, 3.63) is 11.1 Å². The Hall–Kier alpha value is -1.36. The molecule has 3 aliphatic rings. The van der Waals surface area contributed by atoms with E-state index in [0.29, 0.717) is 29.8 Å². The van der Waals surface area contributed by atoms with Gasteiger partial charge in [-0.25, -0.2) is 4.79 Å². The number of nitrogens with zero attached hydrogens (tertiary/aromatic N) is 1. The van der Waals surface area contributed by atoms with Crippen molar-refractivity contribution in [2.75, 3.05) is 13.1 Å². The third-order valence-corrected chi connectivity index (χ3v) is 6.57. The van der Waals surface area contributed by atoms with E-state index in [0.717, 1.165) is 45.1 Å². The van der Waals surface area contributed by atoms with E-state index in [2.05, 4.69) is 24.1 Å². The molecule has 0 radical (unpaired) electrons. The predicted molar refractivity (Wildman–Crippen MR) is 102 cm³/mol. The maximum Gasteiger partial charge on any atom is 0.335 e.